The first-order valence-corrected chi connectivity index (χ1v) is 5.66. The number of fused-ring (bicyclic) bond motifs is 1. The topological polar surface area (TPSA) is 26.0 Å². The minimum Gasteiger partial charge on any atom is -0.324 e. The molecule has 1 aromatic heterocycles. The van der Waals surface area contributed by atoms with E-state index < -0.39 is 0 Å². The van der Waals surface area contributed by atoms with Crippen LogP contribution in [0.1, 0.15) is 29.0 Å². The highest BCUT2D eigenvalue weighted by Gasteiger charge is 2.08. The Labute approximate surface area is 88.6 Å². The van der Waals surface area contributed by atoms with Gasteiger partial charge in [-0.3, -0.25) is 0 Å². The van der Waals surface area contributed by atoms with Crippen molar-refractivity contribution in [2.45, 2.75) is 26.8 Å². The molecule has 1 nitrogen and oxygen atoms in total. The Morgan fingerprint density at radius 1 is 1.29 bits per heavy atom. The largest absolute Gasteiger partial charge is 0.324 e. The lowest BCUT2D eigenvalue weighted by atomic mass is 10.1. The van der Waals surface area contributed by atoms with Crippen LogP contribution in [0.5, 0.6) is 0 Å². The Balaban J connectivity index is 2.71. The third-order valence-electron chi connectivity index (χ3n) is 2.67. The van der Waals surface area contributed by atoms with E-state index in [1.807, 2.05) is 18.3 Å². The summed E-state index contributed by atoms with van der Waals surface area (Å²) in [6.45, 7) is 6.37. The number of benzene rings is 1. The van der Waals surface area contributed by atoms with Crippen LogP contribution in [0.25, 0.3) is 10.1 Å². The molecular weight excluding hydrogens is 190 g/mol. The zero-order chi connectivity index (χ0) is 10.3. The second-order valence-electron chi connectivity index (χ2n) is 3.86. The summed E-state index contributed by atoms with van der Waals surface area (Å²) in [4.78, 5) is 1.27. The van der Waals surface area contributed by atoms with Crippen LogP contribution in [0.15, 0.2) is 18.2 Å². The van der Waals surface area contributed by atoms with Gasteiger partial charge in [0.15, 0.2) is 0 Å². The molecule has 1 unspecified atom stereocenters. The third-order valence-corrected chi connectivity index (χ3v) is 4.14. The number of hydrogen-bond donors (Lipinski definition) is 1. The van der Waals surface area contributed by atoms with Crippen LogP contribution in [0.2, 0.25) is 0 Å². The molecule has 0 bridgehead atoms. The summed E-state index contributed by atoms with van der Waals surface area (Å²) >= 11 is 1.82. The first-order valence-electron chi connectivity index (χ1n) is 4.85. The highest BCUT2D eigenvalue weighted by Crippen LogP contribution is 2.32. The van der Waals surface area contributed by atoms with E-state index in [-0.39, 0.29) is 6.04 Å². The van der Waals surface area contributed by atoms with Crippen molar-refractivity contribution in [3.63, 3.8) is 0 Å². The van der Waals surface area contributed by atoms with Gasteiger partial charge < -0.3 is 5.73 Å². The minimum absolute atomic E-state index is 0.145. The summed E-state index contributed by atoms with van der Waals surface area (Å²) in [7, 11) is 0. The van der Waals surface area contributed by atoms with E-state index in [1.165, 1.54) is 26.1 Å². The van der Waals surface area contributed by atoms with Gasteiger partial charge in [0.1, 0.15) is 0 Å². The van der Waals surface area contributed by atoms with Crippen molar-refractivity contribution < 1.29 is 0 Å². The van der Waals surface area contributed by atoms with Gasteiger partial charge in [-0.05, 0) is 43.4 Å². The van der Waals surface area contributed by atoms with Gasteiger partial charge >= 0.3 is 0 Å². The maximum Gasteiger partial charge on any atom is 0.0378 e. The van der Waals surface area contributed by atoms with Gasteiger partial charge in [-0.2, -0.15) is 0 Å². The highest BCUT2D eigenvalue weighted by molar-refractivity contribution is 7.19. The molecule has 1 aromatic carbocycles. The number of aryl methyl sites for hydroxylation is 2. The average Bonchev–Trinajstić information content (AvgIpc) is 2.56. The molecule has 14 heavy (non-hydrogen) atoms. The van der Waals surface area contributed by atoms with Crippen molar-refractivity contribution in [3.05, 3.63) is 34.2 Å². The van der Waals surface area contributed by atoms with E-state index in [4.69, 9.17) is 5.73 Å². The molecule has 2 heteroatoms. The Hall–Kier alpha value is -0.860. The summed E-state index contributed by atoms with van der Waals surface area (Å²) < 4.78 is 1.39. The summed E-state index contributed by atoms with van der Waals surface area (Å²) in [6.07, 6.45) is 0. The Bertz CT molecular complexity index is 468. The lowest BCUT2D eigenvalue weighted by Gasteiger charge is -1.99. The zero-order valence-corrected chi connectivity index (χ0v) is 9.61. The molecule has 0 radical (unpaired) electrons. The van der Waals surface area contributed by atoms with Crippen molar-refractivity contribution in [2.24, 2.45) is 5.73 Å². The molecule has 0 amide bonds. The monoisotopic (exact) mass is 205 g/mol. The Morgan fingerprint density at radius 2 is 2.00 bits per heavy atom. The molecule has 0 saturated heterocycles. The second-order valence-corrected chi connectivity index (χ2v) is 4.95. The molecule has 1 atom stereocenters. The van der Waals surface area contributed by atoms with E-state index in [9.17, 15) is 0 Å². The van der Waals surface area contributed by atoms with Gasteiger partial charge in [-0.25, -0.2) is 0 Å². The summed E-state index contributed by atoms with van der Waals surface area (Å²) in [5, 5.41) is 1.32. The summed E-state index contributed by atoms with van der Waals surface area (Å²) in [6, 6.07) is 6.71. The zero-order valence-electron chi connectivity index (χ0n) is 8.79. The van der Waals surface area contributed by atoms with Gasteiger partial charge in [0.05, 0.1) is 0 Å². The smallest absolute Gasteiger partial charge is 0.0378 e. The molecule has 0 aliphatic carbocycles. The Morgan fingerprint density at radius 3 is 2.64 bits per heavy atom. The Kier molecular flexibility index (Phi) is 2.33. The predicted molar refractivity (Wildman–Crippen MR) is 63.9 cm³/mol. The van der Waals surface area contributed by atoms with Crippen molar-refractivity contribution in [1.82, 2.24) is 0 Å². The van der Waals surface area contributed by atoms with E-state index in [2.05, 4.69) is 32.0 Å². The quantitative estimate of drug-likeness (QED) is 0.757. The van der Waals surface area contributed by atoms with Crippen LogP contribution >= 0.6 is 11.3 Å². The van der Waals surface area contributed by atoms with Crippen molar-refractivity contribution in [2.75, 3.05) is 0 Å². The van der Waals surface area contributed by atoms with Gasteiger partial charge in [0.2, 0.25) is 0 Å². The molecule has 2 N–H and O–H groups in total. The van der Waals surface area contributed by atoms with Crippen LogP contribution in [0.4, 0.5) is 0 Å². The highest BCUT2D eigenvalue weighted by atomic mass is 32.1. The molecule has 0 fully saturated rings. The lowest BCUT2D eigenvalue weighted by Crippen LogP contribution is -2.01. The molecule has 0 aliphatic heterocycles. The molecule has 74 valence electrons. The van der Waals surface area contributed by atoms with Crippen LogP contribution in [-0.4, -0.2) is 0 Å². The molecule has 0 spiro atoms. The third kappa shape index (κ3) is 1.45. The number of hydrogen-bond acceptors (Lipinski definition) is 2. The lowest BCUT2D eigenvalue weighted by molar-refractivity contribution is 0.839. The minimum atomic E-state index is 0.145. The van der Waals surface area contributed by atoms with E-state index >= 15 is 0 Å². The van der Waals surface area contributed by atoms with Crippen molar-refractivity contribution >= 4 is 21.4 Å². The summed E-state index contributed by atoms with van der Waals surface area (Å²) in [5.41, 5.74) is 8.62. The number of rotatable bonds is 1. The van der Waals surface area contributed by atoms with Crippen molar-refractivity contribution in [3.8, 4) is 0 Å². The van der Waals surface area contributed by atoms with Gasteiger partial charge in [0.25, 0.3) is 0 Å². The number of thiophene rings is 1. The fraction of sp³-hybridized carbons (Fsp3) is 0.333. The molecule has 0 saturated carbocycles. The molecule has 2 aromatic rings. The van der Waals surface area contributed by atoms with E-state index in [0.29, 0.717) is 0 Å². The first kappa shape index (κ1) is 9.69. The summed E-state index contributed by atoms with van der Waals surface area (Å²) in [5.74, 6) is 0. The fourth-order valence-corrected chi connectivity index (χ4v) is 2.75. The average molecular weight is 205 g/mol. The van der Waals surface area contributed by atoms with Gasteiger partial charge in [-0.15, -0.1) is 11.3 Å². The van der Waals surface area contributed by atoms with E-state index in [0.717, 1.165) is 0 Å². The maximum atomic E-state index is 5.88. The molecule has 0 aliphatic rings. The maximum absolute atomic E-state index is 5.88. The molecule has 1 heterocycles. The second kappa shape index (κ2) is 3.37. The van der Waals surface area contributed by atoms with Gasteiger partial charge in [0, 0.05) is 15.6 Å². The SMILES string of the molecule is Cc1ccc2cc(C(C)N)sc2c1C. The number of nitrogens with two attached hydrogens (primary N) is 1. The van der Waals surface area contributed by atoms with Crippen molar-refractivity contribution in [1.29, 1.82) is 0 Å². The fourth-order valence-electron chi connectivity index (χ4n) is 1.59. The first-order chi connectivity index (χ1) is 6.59. The standard InChI is InChI=1S/C12H15NS/c1-7-4-5-10-6-11(9(3)13)14-12(10)8(7)2/h4-6,9H,13H2,1-3H3. The predicted octanol–water partition coefficient (Wildman–Crippen LogP) is 3.54. The van der Waals surface area contributed by atoms with Crippen LogP contribution in [-0.2, 0) is 0 Å². The van der Waals surface area contributed by atoms with Crippen LogP contribution < -0.4 is 5.73 Å². The van der Waals surface area contributed by atoms with Gasteiger partial charge in [-0.1, -0.05) is 12.1 Å². The molecule has 2 rings (SSSR count). The van der Waals surface area contributed by atoms with Crippen LogP contribution in [0, 0.1) is 13.8 Å². The van der Waals surface area contributed by atoms with E-state index in [1.54, 1.807) is 0 Å². The normalized spacial score (nSPS) is 13.4. The molecular formula is C12H15NS. The van der Waals surface area contributed by atoms with Crippen LogP contribution in [0.3, 0.4) is 0 Å².